The largest absolute Gasteiger partial charge is 0.484 e. The fourth-order valence-electron chi connectivity index (χ4n) is 4.49. The summed E-state index contributed by atoms with van der Waals surface area (Å²) >= 11 is 0. The Bertz CT molecular complexity index is 1430. The monoisotopic (exact) mass is 597 g/mol. The van der Waals surface area contributed by atoms with Gasteiger partial charge in [0.1, 0.15) is 17.6 Å². The van der Waals surface area contributed by atoms with E-state index in [1.54, 1.807) is 36.4 Å². The molecule has 0 spiro atoms. The van der Waals surface area contributed by atoms with Crippen molar-refractivity contribution >= 4 is 21.8 Å². The molecule has 0 saturated carbocycles. The summed E-state index contributed by atoms with van der Waals surface area (Å²) in [6.45, 7) is 5.27. The van der Waals surface area contributed by atoms with Crippen molar-refractivity contribution in [3.8, 4) is 5.75 Å². The van der Waals surface area contributed by atoms with Crippen LogP contribution in [0.1, 0.15) is 31.0 Å². The first-order valence-corrected chi connectivity index (χ1v) is 15.3. The molecular weight excluding hydrogens is 561 g/mol. The number of benzene rings is 3. The molecule has 11 heteroatoms. The van der Waals surface area contributed by atoms with Gasteiger partial charge in [0.05, 0.1) is 18.1 Å². The molecule has 2 amide bonds. The van der Waals surface area contributed by atoms with Crippen LogP contribution in [0.2, 0.25) is 0 Å². The van der Waals surface area contributed by atoms with Crippen LogP contribution in [0.5, 0.6) is 5.75 Å². The molecule has 1 unspecified atom stereocenters. The highest BCUT2D eigenvalue weighted by Gasteiger charge is 2.32. The van der Waals surface area contributed by atoms with Gasteiger partial charge < -0.3 is 19.7 Å². The van der Waals surface area contributed by atoms with Crippen molar-refractivity contribution < 1.29 is 31.9 Å². The minimum absolute atomic E-state index is 0.0356. The summed E-state index contributed by atoms with van der Waals surface area (Å²) in [5, 5.41) is 2.93. The quantitative estimate of drug-likeness (QED) is 0.341. The van der Waals surface area contributed by atoms with Gasteiger partial charge in [-0.1, -0.05) is 56.3 Å². The van der Waals surface area contributed by atoms with Crippen LogP contribution < -0.4 is 10.1 Å². The van der Waals surface area contributed by atoms with E-state index in [1.807, 2.05) is 19.9 Å². The lowest BCUT2D eigenvalue weighted by Gasteiger charge is -2.32. The Morgan fingerprint density at radius 3 is 2.24 bits per heavy atom. The molecule has 0 aromatic heterocycles. The van der Waals surface area contributed by atoms with Gasteiger partial charge in [-0.25, -0.2) is 12.8 Å². The highest BCUT2D eigenvalue weighted by molar-refractivity contribution is 7.89. The van der Waals surface area contributed by atoms with Gasteiger partial charge in [-0.05, 0) is 53.4 Å². The fraction of sp³-hybridized carbons (Fsp3) is 0.355. The molecule has 1 atom stereocenters. The number of amides is 2. The van der Waals surface area contributed by atoms with E-state index in [2.05, 4.69) is 5.32 Å². The number of carbonyl (C=O) groups excluding carboxylic acids is 2. The summed E-state index contributed by atoms with van der Waals surface area (Å²) in [7, 11) is -3.67. The van der Waals surface area contributed by atoms with E-state index in [-0.39, 0.29) is 36.4 Å². The smallest absolute Gasteiger partial charge is 0.261 e. The van der Waals surface area contributed by atoms with E-state index in [0.717, 1.165) is 0 Å². The van der Waals surface area contributed by atoms with Crippen LogP contribution >= 0.6 is 0 Å². The number of ether oxygens (including phenoxy) is 2. The maximum absolute atomic E-state index is 13.7. The number of halogens is 1. The first kappa shape index (κ1) is 31.1. The van der Waals surface area contributed by atoms with Crippen LogP contribution in [0.15, 0.2) is 83.8 Å². The standard InChI is InChI=1S/C31H36FN3O6S/c1-23(2)20-33-31(37)30(25-6-4-3-5-7-25)35(21-24-8-10-26(32)11-9-24)29(36)22-41-27-12-14-28(15-13-27)42(38,39)34-16-18-40-19-17-34/h3-15,23,30H,16-22H2,1-2H3,(H,33,37). The van der Waals surface area contributed by atoms with Gasteiger partial charge in [-0.15, -0.1) is 0 Å². The average molecular weight is 598 g/mol. The first-order valence-electron chi connectivity index (χ1n) is 13.8. The molecule has 1 saturated heterocycles. The SMILES string of the molecule is CC(C)CNC(=O)C(c1ccccc1)N(Cc1ccc(F)cc1)C(=O)COc1ccc(S(=O)(=O)N2CCOCC2)cc1. The van der Waals surface area contributed by atoms with Crippen LogP contribution in [0.4, 0.5) is 4.39 Å². The molecule has 224 valence electrons. The summed E-state index contributed by atoms with van der Waals surface area (Å²) in [5.74, 6) is -0.731. The third kappa shape index (κ3) is 8.15. The van der Waals surface area contributed by atoms with Crippen molar-refractivity contribution in [2.45, 2.75) is 31.3 Å². The van der Waals surface area contributed by atoms with E-state index < -0.39 is 34.4 Å². The molecular formula is C31H36FN3O6S. The summed E-state index contributed by atoms with van der Waals surface area (Å²) < 4.78 is 51.9. The van der Waals surface area contributed by atoms with Crippen molar-refractivity contribution in [2.75, 3.05) is 39.5 Å². The van der Waals surface area contributed by atoms with Crippen molar-refractivity contribution in [2.24, 2.45) is 5.92 Å². The molecule has 0 bridgehead atoms. The Morgan fingerprint density at radius 2 is 1.62 bits per heavy atom. The number of hydrogen-bond donors (Lipinski definition) is 1. The van der Waals surface area contributed by atoms with Crippen molar-refractivity contribution in [3.05, 3.63) is 95.8 Å². The highest BCUT2D eigenvalue weighted by Crippen LogP contribution is 2.25. The van der Waals surface area contributed by atoms with Gasteiger partial charge >= 0.3 is 0 Å². The summed E-state index contributed by atoms with van der Waals surface area (Å²) in [4.78, 5) is 28.7. The molecule has 3 aromatic rings. The van der Waals surface area contributed by atoms with Gasteiger partial charge in [-0.3, -0.25) is 9.59 Å². The number of sulfonamides is 1. The van der Waals surface area contributed by atoms with Crippen LogP contribution in [0.25, 0.3) is 0 Å². The molecule has 9 nitrogen and oxygen atoms in total. The van der Waals surface area contributed by atoms with E-state index in [1.165, 1.54) is 45.6 Å². The third-order valence-electron chi connectivity index (χ3n) is 6.74. The topological polar surface area (TPSA) is 105 Å². The zero-order valence-electron chi connectivity index (χ0n) is 23.7. The molecule has 1 aliphatic heterocycles. The van der Waals surface area contributed by atoms with Crippen molar-refractivity contribution in [1.29, 1.82) is 0 Å². The van der Waals surface area contributed by atoms with Crippen molar-refractivity contribution in [3.63, 3.8) is 0 Å². The second-order valence-corrected chi connectivity index (χ2v) is 12.3. The lowest BCUT2D eigenvalue weighted by molar-refractivity contribution is -0.143. The lowest BCUT2D eigenvalue weighted by Crippen LogP contribution is -2.45. The second kappa shape index (κ2) is 14.4. The average Bonchev–Trinajstić information content (AvgIpc) is 3.00. The highest BCUT2D eigenvalue weighted by atomic mass is 32.2. The zero-order valence-corrected chi connectivity index (χ0v) is 24.6. The Morgan fingerprint density at radius 1 is 0.976 bits per heavy atom. The molecule has 1 heterocycles. The third-order valence-corrected chi connectivity index (χ3v) is 8.65. The Hall–Kier alpha value is -3.80. The molecule has 1 N–H and O–H groups in total. The zero-order chi connectivity index (χ0) is 30.1. The van der Waals surface area contributed by atoms with Crippen LogP contribution in [-0.4, -0.2) is 68.9 Å². The molecule has 0 radical (unpaired) electrons. The molecule has 4 rings (SSSR count). The van der Waals surface area contributed by atoms with Gasteiger partial charge in [-0.2, -0.15) is 4.31 Å². The number of carbonyl (C=O) groups is 2. The Balaban J connectivity index is 1.55. The minimum atomic E-state index is -3.67. The van der Waals surface area contributed by atoms with Gasteiger partial charge in [0.25, 0.3) is 5.91 Å². The summed E-state index contributed by atoms with van der Waals surface area (Å²) in [5.41, 5.74) is 1.26. The van der Waals surface area contributed by atoms with E-state index in [9.17, 15) is 22.4 Å². The number of nitrogens with zero attached hydrogens (tertiary/aromatic N) is 2. The van der Waals surface area contributed by atoms with E-state index in [0.29, 0.717) is 36.6 Å². The van der Waals surface area contributed by atoms with E-state index >= 15 is 0 Å². The van der Waals surface area contributed by atoms with Crippen LogP contribution in [0.3, 0.4) is 0 Å². The molecule has 1 fully saturated rings. The molecule has 1 aliphatic rings. The number of nitrogens with one attached hydrogen (secondary N) is 1. The predicted octanol–water partition coefficient (Wildman–Crippen LogP) is 3.77. The summed E-state index contributed by atoms with van der Waals surface area (Å²) in [6.07, 6.45) is 0. The fourth-order valence-corrected chi connectivity index (χ4v) is 5.90. The van der Waals surface area contributed by atoms with Gasteiger partial charge in [0, 0.05) is 26.2 Å². The number of hydrogen-bond acceptors (Lipinski definition) is 6. The number of rotatable bonds is 12. The lowest BCUT2D eigenvalue weighted by atomic mass is 10.0. The van der Waals surface area contributed by atoms with Gasteiger partial charge in [0.15, 0.2) is 6.61 Å². The van der Waals surface area contributed by atoms with Crippen LogP contribution in [-0.2, 0) is 30.9 Å². The van der Waals surface area contributed by atoms with Crippen LogP contribution in [0, 0.1) is 11.7 Å². The minimum Gasteiger partial charge on any atom is -0.484 e. The summed E-state index contributed by atoms with van der Waals surface area (Å²) in [6, 6.07) is 19.6. The van der Waals surface area contributed by atoms with Crippen molar-refractivity contribution in [1.82, 2.24) is 14.5 Å². The molecule has 0 aliphatic carbocycles. The predicted molar refractivity (Wildman–Crippen MR) is 155 cm³/mol. The molecule has 3 aromatic carbocycles. The first-order chi connectivity index (χ1) is 20.1. The van der Waals surface area contributed by atoms with E-state index in [4.69, 9.17) is 9.47 Å². The van der Waals surface area contributed by atoms with Gasteiger partial charge in [0.2, 0.25) is 15.9 Å². The normalized spacial score (nSPS) is 14.8. The Kier molecular flexibility index (Phi) is 10.7. The second-order valence-electron chi connectivity index (χ2n) is 10.4. The maximum Gasteiger partial charge on any atom is 0.261 e. The maximum atomic E-state index is 13.7. The Labute approximate surface area is 246 Å². The number of morpholine rings is 1. The molecule has 42 heavy (non-hydrogen) atoms.